The molecule has 0 fully saturated rings. The number of hydrogen-bond donors (Lipinski definition) is 1. The molecule has 3 nitrogen and oxygen atoms in total. The highest BCUT2D eigenvalue weighted by molar-refractivity contribution is 5.40. The normalized spacial score (nSPS) is 10.6. The summed E-state index contributed by atoms with van der Waals surface area (Å²) in [5.41, 5.74) is 6.71. The van der Waals surface area contributed by atoms with Crippen molar-refractivity contribution in [2.24, 2.45) is 11.7 Å². The molecule has 0 radical (unpaired) electrons. The highest BCUT2D eigenvalue weighted by Crippen LogP contribution is 2.24. The second-order valence-corrected chi connectivity index (χ2v) is 4.17. The van der Waals surface area contributed by atoms with E-state index in [1.165, 1.54) is 0 Å². The maximum absolute atomic E-state index is 5.84. The molecule has 0 amide bonds. The lowest BCUT2D eigenvalue weighted by Crippen LogP contribution is -2.12. The Hall–Kier alpha value is -1.22. The van der Waals surface area contributed by atoms with Crippen molar-refractivity contribution in [1.29, 1.82) is 0 Å². The Bertz CT molecular complexity index is 335. The van der Waals surface area contributed by atoms with Crippen molar-refractivity contribution in [3.8, 4) is 11.5 Å². The number of methoxy groups -OCH3 is 1. The van der Waals surface area contributed by atoms with Gasteiger partial charge in [0.2, 0.25) is 0 Å². The molecule has 0 aromatic heterocycles. The maximum atomic E-state index is 5.84. The molecule has 0 heterocycles. The first-order valence-electron chi connectivity index (χ1n) is 6.24. The number of hydrogen-bond acceptors (Lipinski definition) is 3. The third kappa shape index (κ3) is 3.93. The van der Waals surface area contributed by atoms with Gasteiger partial charge in [0.15, 0.2) is 0 Å². The van der Waals surface area contributed by atoms with Gasteiger partial charge < -0.3 is 15.2 Å². The molecule has 2 N–H and O–H groups in total. The molecule has 0 aliphatic rings. The number of benzene rings is 1. The van der Waals surface area contributed by atoms with Crippen LogP contribution < -0.4 is 15.2 Å². The second kappa shape index (κ2) is 7.17. The molecule has 0 saturated carbocycles. The van der Waals surface area contributed by atoms with E-state index in [0.29, 0.717) is 12.5 Å². The van der Waals surface area contributed by atoms with Crippen molar-refractivity contribution in [1.82, 2.24) is 0 Å². The Morgan fingerprint density at radius 1 is 1.24 bits per heavy atom. The van der Waals surface area contributed by atoms with Crippen molar-refractivity contribution in [2.45, 2.75) is 33.2 Å². The van der Waals surface area contributed by atoms with Gasteiger partial charge >= 0.3 is 0 Å². The molecule has 1 rings (SSSR count). The molecule has 0 unspecified atom stereocenters. The van der Waals surface area contributed by atoms with Crippen LogP contribution in [0.1, 0.15) is 32.3 Å². The average Bonchev–Trinajstić information content (AvgIpc) is 2.39. The standard InChI is InChI=1S/C14H23NO2/c1-4-11(5-2)10-17-14-7-6-13(16-3)8-12(14)9-15/h6-8,11H,4-5,9-10,15H2,1-3H3. The van der Waals surface area contributed by atoms with Crippen LogP contribution in [0.4, 0.5) is 0 Å². The summed E-state index contributed by atoms with van der Waals surface area (Å²) < 4.78 is 11.0. The predicted octanol–water partition coefficient (Wildman–Crippen LogP) is 2.97. The summed E-state index contributed by atoms with van der Waals surface area (Å²) in [5, 5.41) is 0. The molecule has 17 heavy (non-hydrogen) atoms. The van der Waals surface area contributed by atoms with Crippen LogP contribution in [0.15, 0.2) is 18.2 Å². The summed E-state index contributed by atoms with van der Waals surface area (Å²) >= 11 is 0. The number of rotatable bonds is 7. The Labute approximate surface area is 104 Å². The average molecular weight is 237 g/mol. The van der Waals surface area contributed by atoms with Crippen molar-refractivity contribution < 1.29 is 9.47 Å². The van der Waals surface area contributed by atoms with E-state index in [1.807, 2.05) is 18.2 Å². The van der Waals surface area contributed by atoms with E-state index in [-0.39, 0.29) is 0 Å². The van der Waals surface area contributed by atoms with E-state index < -0.39 is 0 Å². The second-order valence-electron chi connectivity index (χ2n) is 4.17. The van der Waals surface area contributed by atoms with Gasteiger partial charge in [-0.05, 0) is 24.1 Å². The molecule has 1 aromatic carbocycles. The number of nitrogens with two attached hydrogens (primary N) is 1. The SMILES string of the molecule is CCC(CC)COc1ccc(OC)cc1CN. The summed E-state index contributed by atoms with van der Waals surface area (Å²) in [6.07, 6.45) is 2.29. The zero-order valence-electron chi connectivity index (χ0n) is 11.0. The molecule has 3 heteroatoms. The molecule has 0 aliphatic heterocycles. The van der Waals surface area contributed by atoms with Crippen LogP contribution >= 0.6 is 0 Å². The van der Waals surface area contributed by atoms with Crippen LogP contribution in [0.3, 0.4) is 0 Å². The topological polar surface area (TPSA) is 44.5 Å². The minimum atomic E-state index is 0.468. The third-order valence-electron chi connectivity index (χ3n) is 3.12. The van der Waals surface area contributed by atoms with Crippen molar-refractivity contribution in [3.05, 3.63) is 23.8 Å². The van der Waals surface area contributed by atoms with Crippen LogP contribution in [0.2, 0.25) is 0 Å². The largest absolute Gasteiger partial charge is 0.497 e. The first-order valence-corrected chi connectivity index (χ1v) is 6.24. The van der Waals surface area contributed by atoms with Gasteiger partial charge in [0, 0.05) is 12.1 Å². The lowest BCUT2D eigenvalue weighted by Gasteiger charge is -2.16. The van der Waals surface area contributed by atoms with Gasteiger partial charge in [-0.1, -0.05) is 26.7 Å². The summed E-state index contributed by atoms with van der Waals surface area (Å²) in [4.78, 5) is 0. The number of ether oxygens (including phenoxy) is 2. The lowest BCUT2D eigenvalue weighted by atomic mass is 10.1. The van der Waals surface area contributed by atoms with Gasteiger partial charge in [0.05, 0.1) is 13.7 Å². The fraction of sp³-hybridized carbons (Fsp3) is 0.571. The monoisotopic (exact) mass is 237 g/mol. The molecule has 0 saturated heterocycles. The van der Waals surface area contributed by atoms with Gasteiger partial charge in [-0.15, -0.1) is 0 Å². The molecule has 0 aliphatic carbocycles. The van der Waals surface area contributed by atoms with E-state index in [0.717, 1.165) is 36.5 Å². The van der Waals surface area contributed by atoms with Crippen LogP contribution in [-0.2, 0) is 6.54 Å². The van der Waals surface area contributed by atoms with Gasteiger partial charge in [0.1, 0.15) is 11.5 Å². The van der Waals surface area contributed by atoms with Crippen molar-refractivity contribution >= 4 is 0 Å². The smallest absolute Gasteiger partial charge is 0.124 e. The minimum absolute atomic E-state index is 0.468. The Morgan fingerprint density at radius 3 is 2.47 bits per heavy atom. The lowest BCUT2D eigenvalue weighted by molar-refractivity contribution is 0.238. The van der Waals surface area contributed by atoms with E-state index in [4.69, 9.17) is 15.2 Å². The summed E-state index contributed by atoms with van der Waals surface area (Å²) in [6.45, 7) is 5.60. The van der Waals surface area contributed by atoms with Gasteiger partial charge in [-0.3, -0.25) is 0 Å². The summed E-state index contributed by atoms with van der Waals surface area (Å²) in [7, 11) is 1.65. The van der Waals surface area contributed by atoms with Gasteiger partial charge in [-0.25, -0.2) is 0 Å². The molecular formula is C14H23NO2. The summed E-state index contributed by atoms with van der Waals surface area (Å²) in [6, 6.07) is 5.77. The predicted molar refractivity (Wildman–Crippen MR) is 70.5 cm³/mol. The third-order valence-corrected chi connectivity index (χ3v) is 3.12. The van der Waals surface area contributed by atoms with E-state index >= 15 is 0 Å². The van der Waals surface area contributed by atoms with Gasteiger partial charge in [-0.2, -0.15) is 0 Å². The van der Waals surface area contributed by atoms with Gasteiger partial charge in [0.25, 0.3) is 0 Å². The van der Waals surface area contributed by atoms with E-state index in [9.17, 15) is 0 Å². The first-order chi connectivity index (χ1) is 8.24. The van der Waals surface area contributed by atoms with E-state index in [2.05, 4.69) is 13.8 Å². The van der Waals surface area contributed by atoms with Crippen molar-refractivity contribution in [2.75, 3.05) is 13.7 Å². The Morgan fingerprint density at radius 2 is 1.94 bits per heavy atom. The Kier molecular flexibility index (Phi) is 5.84. The molecule has 96 valence electrons. The zero-order chi connectivity index (χ0) is 12.7. The fourth-order valence-corrected chi connectivity index (χ4v) is 1.72. The van der Waals surface area contributed by atoms with Crippen LogP contribution in [0.5, 0.6) is 11.5 Å². The van der Waals surface area contributed by atoms with E-state index in [1.54, 1.807) is 7.11 Å². The first kappa shape index (κ1) is 13.8. The Balaban J connectivity index is 2.70. The quantitative estimate of drug-likeness (QED) is 0.793. The van der Waals surface area contributed by atoms with Crippen molar-refractivity contribution in [3.63, 3.8) is 0 Å². The highest BCUT2D eigenvalue weighted by Gasteiger charge is 2.08. The molecule has 0 atom stereocenters. The highest BCUT2D eigenvalue weighted by atomic mass is 16.5. The zero-order valence-corrected chi connectivity index (χ0v) is 11.0. The molecule has 1 aromatic rings. The molecular weight excluding hydrogens is 214 g/mol. The fourth-order valence-electron chi connectivity index (χ4n) is 1.72. The van der Waals surface area contributed by atoms with Crippen LogP contribution in [0, 0.1) is 5.92 Å². The molecule has 0 bridgehead atoms. The van der Waals surface area contributed by atoms with Crippen LogP contribution in [-0.4, -0.2) is 13.7 Å². The summed E-state index contributed by atoms with van der Waals surface area (Å²) in [5.74, 6) is 2.31. The van der Waals surface area contributed by atoms with Crippen LogP contribution in [0.25, 0.3) is 0 Å². The maximum Gasteiger partial charge on any atom is 0.124 e. The minimum Gasteiger partial charge on any atom is -0.497 e. The molecule has 0 spiro atoms.